The Morgan fingerprint density at radius 2 is 2.15 bits per heavy atom. The van der Waals surface area contributed by atoms with Crippen LogP contribution in [-0.4, -0.2) is 29.8 Å². The monoisotopic (exact) mass is 372 g/mol. The maximum absolute atomic E-state index is 12.7. The van der Waals surface area contributed by atoms with Gasteiger partial charge in [0.2, 0.25) is 5.91 Å². The van der Waals surface area contributed by atoms with E-state index in [0.29, 0.717) is 17.8 Å². The van der Waals surface area contributed by atoms with Gasteiger partial charge in [0.25, 0.3) is 0 Å². The zero-order valence-electron chi connectivity index (χ0n) is 14.7. The van der Waals surface area contributed by atoms with Gasteiger partial charge >= 0.3 is 5.97 Å². The van der Waals surface area contributed by atoms with E-state index in [9.17, 15) is 14.4 Å². The average Bonchev–Trinajstić information content (AvgIpc) is 3.05. The van der Waals surface area contributed by atoms with Crippen LogP contribution in [0.15, 0.2) is 29.6 Å². The Morgan fingerprint density at radius 3 is 2.85 bits per heavy atom. The molecule has 2 heterocycles. The van der Waals surface area contributed by atoms with Crippen LogP contribution >= 0.6 is 11.3 Å². The van der Waals surface area contributed by atoms with Crippen LogP contribution in [-0.2, 0) is 25.5 Å². The van der Waals surface area contributed by atoms with Crippen molar-refractivity contribution < 1.29 is 19.1 Å². The summed E-state index contributed by atoms with van der Waals surface area (Å²) in [4.78, 5) is 41.3. The maximum Gasteiger partial charge on any atom is 0.323 e. The van der Waals surface area contributed by atoms with Crippen molar-refractivity contribution in [2.75, 3.05) is 12.4 Å². The Hall–Kier alpha value is -2.54. The number of anilines is 1. The molecule has 0 bridgehead atoms. The number of ether oxygens (including phenoxy) is 1. The van der Waals surface area contributed by atoms with Gasteiger partial charge in [-0.15, -0.1) is 11.3 Å². The molecule has 3 rings (SSSR count). The molecule has 0 saturated carbocycles. The van der Waals surface area contributed by atoms with Gasteiger partial charge in [0.1, 0.15) is 5.01 Å². The number of carbonyl (C=O) groups is 3. The Bertz CT molecular complexity index is 846. The largest absolute Gasteiger partial charge is 0.468 e. The molecular weight excluding hydrogens is 352 g/mol. The van der Waals surface area contributed by atoms with E-state index in [4.69, 9.17) is 4.74 Å². The number of Topliss-reactive ketones (excluding diaryl/α,β-unsaturated/α-hetero) is 1. The molecule has 0 spiro atoms. The molecule has 1 aromatic heterocycles. The third-order valence-corrected chi connectivity index (χ3v) is 5.52. The van der Waals surface area contributed by atoms with Crippen molar-refractivity contribution >= 4 is 34.7 Å². The van der Waals surface area contributed by atoms with Crippen molar-refractivity contribution in [3.8, 4) is 0 Å². The van der Waals surface area contributed by atoms with Crippen LogP contribution < -0.4 is 5.32 Å². The lowest BCUT2D eigenvalue weighted by atomic mass is 9.87. The molecule has 1 amide bonds. The second-order valence-electron chi connectivity index (χ2n) is 6.34. The first kappa shape index (κ1) is 18.3. The fourth-order valence-electron chi connectivity index (χ4n) is 3.10. The molecule has 2 aromatic rings. The third-order valence-electron chi connectivity index (χ3n) is 4.49. The lowest BCUT2D eigenvalue weighted by molar-refractivity contribution is -0.145. The smallest absolute Gasteiger partial charge is 0.323 e. The lowest BCUT2D eigenvalue weighted by Gasteiger charge is -2.24. The molecule has 0 unspecified atom stereocenters. The van der Waals surface area contributed by atoms with Crippen LogP contribution in [0.5, 0.6) is 0 Å². The number of rotatable bonds is 6. The molecule has 2 atom stereocenters. The molecule has 1 N–H and O–H groups in total. The molecule has 1 aliphatic heterocycles. The number of methoxy groups -OCH3 is 1. The maximum atomic E-state index is 12.7. The summed E-state index contributed by atoms with van der Waals surface area (Å²) in [6.07, 6.45) is 1.10. The summed E-state index contributed by atoms with van der Waals surface area (Å²) in [7, 11) is 1.26. The highest BCUT2D eigenvalue weighted by atomic mass is 32.1. The number of carbonyl (C=O) groups excluding carboxylic acids is 3. The Labute approximate surface area is 155 Å². The number of ketones is 1. The number of hydrogen-bond acceptors (Lipinski definition) is 6. The third kappa shape index (κ3) is 3.83. The fourth-order valence-corrected chi connectivity index (χ4v) is 4.00. The summed E-state index contributed by atoms with van der Waals surface area (Å²) in [5, 5.41) is 5.12. The number of para-hydroxylation sites is 1. The minimum Gasteiger partial charge on any atom is -0.468 e. The molecule has 6 nitrogen and oxygen atoms in total. The SMILES string of the molecule is COC(=O)[C@@H](C(=O)CC[C@@H]1Cc2ccccc2NC1=O)c1nc(C)cs1. The first-order valence-electron chi connectivity index (χ1n) is 8.41. The minimum absolute atomic E-state index is 0.0868. The van der Waals surface area contributed by atoms with Gasteiger partial charge in [-0.05, 0) is 31.4 Å². The highest BCUT2D eigenvalue weighted by molar-refractivity contribution is 7.10. The number of thiazole rings is 1. The van der Waals surface area contributed by atoms with Gasteiger partial charge in [0.15, 0.2) is 11.7 Å². The molecule has 0 aliphatic carbocycles. The van der Waals surface area contributed by atoms with Gasteiger partial charge in [0.05, 0.1) is 7.11 Å². The number of amides is 1. The Kier molecular flexibility index (Phi) is 5.46. The quantitative estimate of drug-likeness (QED) is 0.622. The van der Waals surface area contributed by atoms with E-state index in [1.165, 1.54) is 18.4 Å². The Balaban J connectivity index is 1.69. The highest BCUT2D eigenvalue weighted by Gasteiger charge is 2.33. The van der Waals surface area contributed by atoms with Gasteiger partial charge in [0, 0.05) is 29.1 Å². The van der Waals surface area contributed by atoms with Crippen molar-refractivity contribution in [2.45, 2.75) is 32.1 Å². The van der Waals surface area contributed by atoms with Crippen molar-refractivity contribution in [3.05, 3.63) is 45.9 Å². The first-order valence-corrected chi connectivity index (χ1v) is 9.29. The van der Waals surface area contributed by atoms with Gasteiger partial charge in [-0.2, -0.15) is 0 Å². The van der Waals surface area contributed by atoms with E-state index in [-0.39, 0.29) is 24.0 Å². The number of benzene rings is 1. The van der Waals surface area contributed by atoms with Crippen LogP contribution in [0.4, 0.5) is 5.69 Å². The topological polar surface area (TPSA) is 85.4 Å². The fraction of sp³-hybridized carbons (Fsp3) is 0.368. The standard InChI is InChI=1S/C19H20N2O4S/c1-11-10-26-18(20-11)16(19(24)25-2)15(22)8-7-13-9-12-5-3-4-6-14(12)21-17(13)23/h3-6,10,13,16H,7-9H2,1-2H3,(H,21,23)/t13-,16+/m1/s1. The number of fused-ring (bicyclic) bond motifs is 1. The number of nitrogens with zero attached hydrogens (tertiary/aromatic N) is 1. The van der Waals surface area contributed by atoms with Crippen LogP contribution in [0, 0.1) is 12.8 Å². The lowest BCUT2D eigenvalue weighted by Crippen LogP contribution is -2.31. The van der Waals surface area contributed by atoms with Crippen LogP contribution in [0.25, 0.3) is 0 Å². The molecule has 0 radical (unpaired) electrons. The zero-order valence-corrected chi connectivity index (χ0v) is 15.5. The molecular formula is C19H20N2O4S. The van der Waals surface area contributed by atoms with Crippen LogP contribution in [0.2, 0.25) is 0 Å². The van der Waals surface area contributed by atoms with E-state index < -0.39 is 11.9 Å². The van der Waals surface area contributed by atoms with Gasteiger partial charge in [-0.25, -0.2) is 4.98 Å². The molecule has 26 heavy (non-hydrogen) atoms. The molecule has 136 valence electrons. The van der Waals surface area contributed by atoms with Crippen LogP contribution in [0.3, 0.4) is 0 Å². The molecule has 1 aliphatic rings. The summed E-state index contributed by atoms with van der Waals surface area (Å²) in [5.74, 6) is -2.26. The predicted molar refractivity (Wildman–Crippen MR) is 98.1 cm³/mol. The highest BCUT2D eigenvalue weighted by Crippen LogP contribution is 2.29. The van der Waals surface area contributed by atoms with Crippen molar-refractivity contribution in [1.82, 2.24) is 4.98 Å². The first-order chi connectivity index (χ1) is 12.5. The van der Waals surface area contributed by atoms with Gasteiger partial charge in [-0.3, -0.25) is 14.4 Å². The number of aryl methyl sites for hydroxylation is 1. The van der Waals surface area contributed by atoms with Gasteiger partial charge in [-0.1, -0.05) is 18.2 Å². The Morgan fingerprint density at radius 1 is 1.38 bits per heavy atom. The van der Waals surface area contributed by atoms with E-state index in [1.807, 2.05) is 31.2 Å². The summed E-state index contributed by atoms with van der Waals surface area (Å²) in [6, 6.07) is 7.64. The normalized spacial score (nSPS) is 17.2. The minimum atomic E-state index is -1.02. The van der Waals surface area contributed by atoms with Gasteiger partial charge < -0.3 is 10.1 Å². The summed E-state index contributed by atoms with van der Waals surface area (Å²) < 4.78 is 4.78. The van der Waals surface area contributed by atoms with E-state index in [1.54, 1.807) is 5.38 Å². The van der Waals surface area contributed by atoms with E-state index >= 15 is 0 Å². The second kappa shape index (κ2) is 7.78. The summed E-state index contributed by atoms with van der Waals surface area (Å²) >= 11 is 1.27. The van der Waals surface area contributed by atoms with Crippen molar-refractivity contribution in [1.29, 1.82) is 0 Å². The second-order valence-corrected chi connectivity index (χ2v) is 7.23. The van der Waals surface area contributed by atoms with Crippen LogP contribution in [0.1, 0.15) is 35.0 Å². The average molecular weight is 372 g/mol. The number of nitrogens with one attached hydrogen (secondary N) is 1. The van der Waals surface area contributed by atoms with Crippen molar-refractivity contribution in [2.24, 2.45) is 5.92 Å². The number of hydrogen-bond donors (Lipinski definition) is 1. The van der Waals surface area contributed by atoms with Crippen molar-refractivity contribution in [3.63, 3.8) is 0 Å². The molecule has 0 fully saturated rings. The summed E-state index contributed by atoms with van der Waals surface area (Å²) in [5.41, 5.74) is 2.64. The number of aromatic nitrogens is 1. The molecule has 0 saturated heterocycles. The molecule has 7 heteroatoms. The molecule has 1 aromatic carbocycles. The summed E-state index contributed by atoms with van der Waals surface area (Å²) in [6.45, 7) is 1.81. The van der Waals surface area contributed by atoms with E-state index in [2.05, 4.69) is 10.3 Å². The predicted octanol–water partition coefficient (Wildman–Crippen LogP) is 2.87. The van der Waals surface area contributed by atoms with E-state index in [0.717, 1.165) is 16.9 Å². The number of esters is 1. The zero-order chi connectivity index (χ0) is 18.7.